The van der Waals surface area contributed by atoms with Gasteiger partial charge in [0.15, 0.2) is 4.80 Å². The van der Waals surface area contributed by atoms with Crippen molar-refractivity contribution < 1.29 is 9.72 Å². The Morgan fingerprint density at radius 3 is 2.57 bits per heavy atom. The number of carbonyl (C=O) groups excluding carboxylic acids is 1. The first-order valence-electron chi connectivity index (χ1n) is 8.31. The Balaban J connectivity index is 2.12. The van der Waals surface area contributed by atoms with E-state index in [9.17, 15) is 14.9 Å². The van der Waals surface area contributed by atoms with Gasteiger partial charge in [-0.05, 0) is 37.6 Å². The van der Waals surface area contributed by atoms with Gasteiger partial charge in [-0.1, -0.05) is 39.7 Å². The molecule has 0 aliphatic carbocycles. The minimum atomic E-state index is -0.612. The van der Waals surface area contributed by atoms with Crippen LogP contribution in [0.3, 0.4) is 0 Å². The summed E-state index contributed by atoms with van der Waals surface area (Å²) in [4.78, 5) is 28.9. The van der Waals surface area contributed by atoms with Crippen LogP contribution >= 0.6 is 38.9 Å². The number of non-ortho nitro benzene ring substituents is 1. The molecule has 28 heavy (non-hydrogen) atoms. The van der Waals surface area contributed by atoms with Crippen LogP contribution in [0.1, 0.15) is 22.2 Å². The molecule has 0 spiro atoms. The van der Waals surface area contributed by atoms with E-state index in [2.05, 4.69) is 20.9 Å². The highest BCUT2D eigenvalue weighted by Gasteiger charge is 2.17. The molecule has 3 aromatic rings. The van der Waals surface area contributed by atoms with Gasteiger partial charge in [-0.2, -0.15) is 4.99 Å². The molecular formula is C19H15BrClN3O3S. The summed E-state index contributed by atoms with van der Waals surface area (Å²) in [6.07, 6.45) is 0. The summed E-state index contributed by atoms with van der Waals surface area (Å²) in [7, 11) is 0. The van der Waals surface area contributed by atoms with E-state index >= 15 is 0 Å². The predicted molar refractivity (Wildman–Crippen MR) is 114 cm³/mol. The van der Waals surface area contributed by atoms with Crippen LogP contribution in [-0.4, -0.2) is 15.4 Å². The fourth-order valence-electron chi connectivity index (χ4n) is 2.81. The maximum atomic E-state index is 12.7. The topological polar surface area (TPSA) is 77.5 Å². The fourth-order valence-corrected chi connectivity index (χ4v) is 4.33. The van der Waals surface area contributed by atoms with Crippen molar-refractivity contribution in [2.24, 2.45) is 4.99 Å². The number of rotatable bonds is 4. The van der Waals surface area contributed by atoms with Gasteiger partial charge >= 0.3 is 0 Å². The van der Waals surface area contributed by atoms with Gasteiger partial charge in [0.1, 0.15) is 0 Å². The highest BCUT2D eigenvalue weighted by Crippen LogP contribution is 2.27. The van der Waals surface area contributed by atoms with Crippen LogP contribution in [0, 0.1) is 17.0 Å². The number of hydrogen-bond donors (Lipinski definition) is 0. The number of hydrogen-bond acceptors (Lipinski definition) is 4. The van der Waals surface area contributed by atoms with Crippen LogP contribution in [0.2, 0.25) is 5.02 Å². The molecule has 0 aliphatic heterocycles. The van der Waals surface area contributed by atoms with Crippen LogP contribution in [-0.2, 0) is 6.54 Å². The number of nitro benzene ring substituents is 1. The summed E-state index contributed by atoms with van der Waals surface area (Å²) in [5.41, 5.74) is 1.80. The van der Waals surface area contributed by atoms with Crippen molar-refractivity contribution >= 4 is 50.5 Å². The van der Waals surface area contributed by atoms with Crippen molar-refractivity contribution in [1.29, 1.82) is 0 Å². The monoisotopic (exact) mass is 479 g/mol. The average molecular weight is 481 g/mol. The molecule has 0 bridgehead atoms. The second kappa shape index (κ2) is 8.38. The van der Waals surface area contributed by atoms with Crippen molar-refractivity contribution in [3.63, 3.8) is 0 Å². The van der Waals surface area contributed by atoms with Crippen molar-refractivity contribution in [3.05, 3.63) is 77.3 Å². The van der Waals surface area contributed by atoms with E-state index in [1.54, 1.807) is 0 Å². The summed E-state index contributed by atoms with van der Waals surface area (Å²) in [6.45, 7) is 4.56. The maximum Gasteiger partial charge on any atom is 0.281 e. The Morgan fingerprint density at radius 1 is 1.29 bits per heavy atom. The summed E-state index contributed by atoms with van der Waals surface area (Å²) >= 11 is 10.9. The molecule has 0 radical (unpaired) electrons. The van der Waals surface area contributed by atoms with Gasteiger partial charge in [0, 0.05) is 28.0 Å². The molecule has 6 nitrogen and oxygen atoms in total. The lowest BCUT2D eigenvalue weighted by atomic mass is 10.1. The first-order valence-corrected chi connectivity index (χ1v) is 10.3. The van der Waals surface area contributed by atoms with Crippen LogP contribution < -0.4 is 4.80 Å². The zero-order valence-corrected chi connectivity index (χ0v) is 18.1. The molecule has 0 saturated heterocycles. The van der Waals surface area contributed by atoms with Crippen molar-refractivity contribution in [2.75, 3.05) is 0 Å². The summed E-state index contributed by atoms with van der Waals surface area (Å²) in [5.74, 6) is -0.612. The van der Waals surface area contributed by atoms with Gasteiger partial charge in [-0.25, -0.2) is 0 Å². The van der Waals surface area contributed by atoms with E-state index in [0.29, 0.717) is 11.3 Å². The third-order valence-corrected chi connectivity index (χ3v) is 5.95. The van der Waals surface area contributed by atoms with Gasteiger partial charge in [-0.15, -0.1) is 11.3 Å². The Kier molecular flexibility index (Phi) is 6.12. The summed E-state index contributed by atoms with van der Waals surface area (Å²) in [6, 6.07) is 11.6. The second-order valence-electron chi connectivity index (χ2n) is 5.88. The Labute approximate surface area is 178 Å². The molecule has 0 aliphatic rings. The molecule has 0 saturated carbocycles. The maximum absolute atomic E-state index is 12.7. The normalized spacial score (nSPS) is 11.6. The van der Waals surface area contributed by atoms with Gasteiger partial charge in [-0.3, -0.25) is 14.9 Å². The number of halogens is 2. The van der Waals surface area contributed by atoms with Gasteiger partial charge in [0.2, 0.25) is 0 Å². The molecule has 0 unspecified atom stereocenters. The first kappa shape index (κ1) is 20.4. The molecule has 2 aromatic carbocycles. The minimum Gasteiger partial charge on any atom is -0.316 e. The molecule has 9 heteroatoms. The number of amides is 1. The van der Waals surface area contributed by atoms with Gasteiger partial charge in [0.05, 0.1) is 21.2 Å². The third kappa shape index (κ3) is 4.09. The Bertz CT molecular complexity index is 1140. The van der Waals surface area contributed by atoms with Crippen LogP contribution in [0.4, 0.5) is 5.69 Å². The third-order valence-electron chi connectivity index (χ3n) is 4.10. The molecular weight excluding hydrogens is 466 g/mol. The fraction of sp³-hybridized carbons (Fsp3) is 0.158. The second-order valence-corrected chi connectivity index (χ2v) is 8.38. The summed E-state index contributed by atoms with van der Waals surface area (Å²) in [5, 5.41) is 11.1. The summed E-state index contributed by atoms with van der Waals surface area (Å²) < 4.78 is 2.93. The highest BCUT2D eigenvalue weighted by molar-refractivity contribution is 9.10. The average Bonchev–Trinajstić information content (AvgIpc) is 2.97. The number of thiazole rings is 1. The van der Waals surface area contributed by atoms with Gasteiger partial charge < -0.3 is 4.57 Å². The van der Waals surface area contributed by atoms with E-state index in [1.807, 2.05) is 42.7 Å². The first-order chi connectivity index (χ1) is 13.3. The lowest BCUT2D eigenvalue weighted by Gasteiger charge is -2.08. The molecule has 144 valence electrons. The molecule has 1 amide bonds. The largest absolute Gasteiger partial charge is 0.316 e. The van der Waals surface area contributed by atoms with Crippen molar-refractivity contribution in [3.8, 4) is 11.3 Å². The van der Waals surface area contributed by atoms with Crippen molar-refractivity contribution in [2.45, 2.75) is 20.4 Å². The smallest absolute Gasteiger partial charge is 0.281 e. The Morgan fingerprint density at radius 2 is 1.96 bits per heavy atom. The highest BCUT2D eigenvalue weighted by atomic mass is 79.9. The number of carbonyl (C=O) groups is 1. The quantitative estimate of drug-likeness (QED) is 0.360. The van der Waals surface area contributed by atoms with E-state index < -0.39 is 10.8 Å². The SMILES string of the molecule is CCn1c(-c2ccc(Br)cc2)c(C)sc1=NC(=O)c1cc([N+](=O)[O-])ccc1Cl. The molecule has 1 aromatic heterocycles. The van der Waals surface area contributed by atoms with Crippen LogP contribution in [0.25, 0.3) is 11.3 Å². The number of aryl methyl sites for hydroxylation is 1. The lowest BCUT2D eigenvalue weighted by molar-refractivity contribution is -0.384. The zero-order chi connectivity index (χ0) is 20.4. The number of nitro groups is 1. The van der Waals surface area contributed by atoms with Gasteiger partial charge in [0.25, 0.3) is 11.6 Å². The van der Waals surface area contributed by atoms with E-state index in [4.69, 9.17) is 11.6 Å². The zero-order valence-electron chi connectivity index (χ0n) is 15.0. The Hall–Kier alpha value is -2.29. The molecule has 1 heterocycles. The molecule has 0 N–H and O–H groups in total. The number of nitrogens with zero attached hydrogens (tertiary/aromatic N) is 3. The van der Waals surface area contributed by atoms with E-state index in [-0.39, 0.29) is 16.3 Å². The van der Waals surface area contributed by atoms with Crippen LogP contribution in [0.5, 0.6) is 0 Å². The van der Waals surface area contributed by atoms with Crippen molar-refractivity contribution in [1.82, 2.24) is 4.57 Å². The van der Waals surface area contributed by atoms with Crippen LogP contribution in [0.15, 0.2) is 51.9 Å². The molecule has 0 atom stereocenters. The standard InChI is InChI=1S/C19H15BrClN3O3S/c1-3-23-17(12-4-6-13(20)7-5-12)11(2)28-19(23)22-18(25)15-10-14(24(26)27)8-9-16(15)21/h4-10H,3H2,1-2H3. The number of benzene rings is 2. The molecule has 0 fully saturated rings. The molecule has 3 rings (SSSR count). The number of aromatic nitrogens is 1. The lowest BCUT2D eigenvalue weighted by Crippen LogP contribution is -2.17. The minimum absolute atomic E-state index is 0.00904. The van der Waals surface area contributed by atoms with E-state index in [1.165, 1.54) is 23.5 Å². The predicted octanol–water partition coefficient (Wildman–Crippen LogP) is 5.61. The van der Waals surface area contributed by atoms with E-state index in [0.717, 1.165) is 26.7 Å².